The predicted molar refractivity (Wildman–Crippen MR) is 103 cm³/mol. The number of amides is 1. The number of aryl methyl sites for hydroxylation is 1. The number of fused-ring (bicyclic) bond motifs is 1. The van der Waals surface area contributed by atoms with Gasteiger partial charge in [-0.25, -0.2) is 4.98 Å². The summed E-state index contributed by atoms with van der Waals surface area (Å²) in [4.78, 5) is 26.9. The van der Waals surface area contributed by atoms with Crippen molar-refractivity contribution < 1.29 is 36.1 Å². The van der Waals surface area contributed by atoms with Crippen LogP contribution in [0, 0.1) is 17.0 Å². The SMILES string of the molecule is Cc1c(C(=O)N(Cc2ccccc2[N+](=O)[O-])CC(F)(F)F)sc2nc(C(F)(F)F)ccc12. The summed E-state index contributed by atoms with van der Waals surface area (Å²) in [5.41, 5.74) is -1.60. The number of hydrogen-bond donors (Lipinski definition) is 0. The highest BCUT2D eigenvalue weighted by molar-refractivity contribution is 7.20. The van der Waals surface area contributed by atoms with Crippen molar-refractivity contribution >= 4 is 33.1 Å². The molecule has 1 amide bonds. The Morgan fingerprint density at radius 3 is 2.38 bits per heavy atom. The summed E-state index contributed by atoms with van der Waals surface area (Å²) in [7, 11) is 0. The molecule has 0 fully saturated rings. The van der Waals surface area contributed by atoms with Crippen LogP contribution >= 0.6 is 11.3 Å². The molecule has 0 bridgehead atoms. The van der Waals surface area contributed by atoms with Crippen LogP contribution in [0.25, 0.3) is 10.2 Å². The van der Waals surface area contributed by atoms with Crippen molar-refractivity contribution in [3.8, 4) is 0 Å². The Morgan fingerprint density at radius 1 is 1.12 bits per heavy atom. The Labute approximate surface area is 180 Å². The van der Waals surface area contributed by atoms with Crippen LogP contribution < -0.4 is 0 Å². The fraction of sp³-hybridized carbons (Fsp3) is 0.263. The van der Waals surface area contributed by atoms with E-state index < -0.39 is 47.7 Å². The Morgan fingerprint density at radius 2 is 1.78 bits per heavy atom. The maximum atomic E-state index is 13.2. The van der Waals surface area contributed by atoms with Crippen LogP contribution in [0.5, 0.6) is 0 Å². The minimum absolute atomic E-state index is 0.119. The lowest BCUT2D eigenvalue weighted by molar-refractivity contribution is -0.385. The largest absolute Gasteiger partial charge is 0.433 e. The molecule has 0 unspecified atom stereocenters. The zero-order chi connectivity index (χ0) is 23.8. The van der Waals surface area contributed by atoms with E-state index in [4.69, 9.17) is 0 Å². The Hall–Kier alpha value is -3.22. The fourth-order valence-corrected chi connectivity index (χ4v) is 4.20. The number of rotatable bonds is 5. The van der Waals surface area contributed by atoms with Crippen LogP contribution in [0.1, 0.15) is 26.5 Å². The number of hydrogen-bond acceptors (Lipinski definition) is 5. The fourth-order valence-electron chi connectivity index (χ4n) is 3.05. The first-order valence-corrected chi connectivity index (χ1v) is 9.65. The Kier molecular flexibility index (Phi) is 6.13. The average Bonchev–Trinajstić information content (AvgIpc) is 3.01. The highest BCUT2D eigenvalue weighted by Gasteiger charge is 2.36. The quantitative estimate of drug-likeness (QED) is 0.267. The molecular formula is C19H13F6N3O3S. The summed E-state index contributed by atoms with van der Waals surface area (Å²) >= 11 is 0.534. The molecule has 3 aromatic rings. The zero-order valence-corrected chi connectivity index (χ0v) is 16.9. The highest BCUT2D eigenvalue weighted by atomic mass is 32.1. The van der Waals surface area contributed by atoms with E-state index in [1.54, 1.807) is 0 Å². The van der Waals surface area contributed by atoms with Gasteiger partial charge in [-0.05, 0) is 24.6 Å². The summed E-state index contributed by atoms with van der Waals surface area (Å²) in [5, 5.41) is 11.4. The number of nitrogens with zero attached hydrogens (tertiary/aromatic N) is 3. The van der Waals surface area contributed by atoms with Crippen molar-refractivity contribution in [2.24, 2.45) is 0 Å². The average molecular weight is 477 g/mol. The molecule has 13 heteroatoms. The van der Waals surface area contributed by atoms with E-state index in [1.165, 1.54) is 25.1 Å². The van der Waals surface area contributed by atoms with Crippen molar-refractivity contribution in [1.82, 2.24) is 9.88 Å². The first-order chi connectivity index (χ1) is 14.8. The lowest BCUT2D eigenvalue weighted by Crippen LogP contribution is -2.38. The number of para-hydroxylation sites is 1. The molecule has 170 valence electrons. The molecule has 32 heavy (non-hydrogen) atoms. The third-order valence-corrected chi connectivity index (χ3v) is 5.68. The second kappa shape index (κ2) is 8.37. The molecule has 0 aliphatic carbocycles. The van der Waals surface area contributed by atoms with E-state index in [1.807, 2.05) is 0 Å². The lowest BCUT2D eigenvalue weighted by Gasteiger charge is -2.23. The van der Waals surface area contributed by atoms with Crippen LogP contribution in [-0.2, 0) is 12.7 Å². The molecule has 1 aromatic carbocycles. The number of nitro groups is 1. The minimum atomic E-state index is -4.81. The highest BCUT2D eigenvalue weighted by Crippen LogP contribution is 2.35. The predicted octanol–water partition coefficient (Wildman–Crippen LogP) is 5.74. The summed E-state index contributed by atoms with van der Waals surface area (Å²) in [6.45, 7) is -1.03. The molecule has 0 spiro atoms. The molecule has 0 N–H and O–H groups in total. The Balaban J connectivity index is 2.04. The van der Waals surface area contributed by atoms with Gasteiger partial charge in [0.1, 0.15) is 17.1 Å². The number of benzene rings is 1. The van der Waals surface area contributed by atoms with Gasteiger partial charge in [-0.2, -0.15) is 26.3 Å². The van der Waals surface area contributed by atoms with Gasteiger partial charge < -0.3 is 4.90 Å². The van der Waals surface area contributed by atoms with E-state index in [9.17, 15) is 41.3 Å². The number of carbonyl (C=O) groups is 1. The van der Waals surface area contributed by atoms with Crippen LogP contribution in [0.3, 0.4) is 0 Å². The maximum absolute atomic E-state index is 13.2. The van der Waals surface area contributed by atoms with Crippen molar-refractivity contribution in [1.29, 1.82) is 0 Å². The number of pyridine rings is 1. The first kappa shape index (κ1) is 23.4. The van der Waals surface area contributed by atoms with Crippen LogP contribution in [-0.4, -0.2) is 33.4 Å². The summed E-state index contributed by atoms with van der Waals surface area (Å²) in [6, 6.07) is 6.85. The molecule has 0 saturated heterocycles. The third-order valence-electron chi connectivity index (χ3n) is 4.50. The molecule has 0 aliphatic rings. The van der Waals surface area contributed by atoms with Crippen molar-refractivity contribution in [2.45, 2.75) is 25.8 Å². The van der Waals surface area contributed by atoms with Gasteiger partial charge in [-0.1, -0.05) is 18.2 Å². The monoisotopic (exact) mass is 477 g/mol. The Bertz CT molecular complexity index is 1190. The van der Waals surface area contributed by atoms with Gasteiger partial charge in [-0.15, -0.1) is 11.3 Å². The van der Waals surface area contributed by atoms with Gasteiger partial charge in [-0.3, -0.25) is 14.9 Å². The van der Waals surface area contributed by atoms with Gasteiger partial charge in [0, 0.05) is 17.0 Å². The van der Waals surface area contributed by atoms with Crippen LogP contribution in [0.2, 0.25) is 0 Å². The van der Waals surface area contributed by atoms with E-state index in [0.717, 1.165) is 18.2 Å². The molecule has 6 nitrogen and oxygen atoms in total. The molecule has 0 radical (unpaired) electrons. The van der Waals surface area contributed by atoms with Crippen LogP contribution in [0.4, 0.5) is 32.0 Å². The molecule has 2 aromatic heterocycles. The van der Waals surface area contributed by atoms with Gasteiger partial charge in [0.2, 0.25) is 0 Å². The minimum Gasteiger partial charge on any atom is -0.324 e. The molecule has 0 aliphatic heterocycles. The number of alkyl halides is 6. The lowest BCUT2D eigenvalue weighted by atomic mass is 10.1. The zero-order valence-electron chi connectivity index (χ0n) is 16.1. The summed E-state index contributed by atoms with van der Waals surface area (Å²) < 4.78 is 78.3. The third kappa shape index (κ3) is 4.98. The van der Waals surface area contributed by atoms with Gasteiger partial charge in [0.15, 0.2) is 0 Å². The number of carbonyl (C=O) groups excluding carboxylic acids is 1. The van der Waals surface area contributed by atoms with E-state index in [-0.39, 0.29) is 26.2 Å². The first-order valence-electron chi connectivity index (χ1n) is 8.83. The molecule has 0 saturated carbocycles. The second-order valence-corrected chi connectivity index (χ2v) is 7.76. The number of nitro benzene ring substituents is 1. The molecule has 3 rings (SSSR count). The van der Waals surface area contributed by atoms with Gasteiger partial charge >= 0.3 is 12.4 Å². The van der Waals surface area contributed by atoms with Crippen LogP contribution in [0.15, 0.2) is 36.4 Å². The summed E-state index contributed by atoms with van der Waals surface area (Å²) in [5.74, 6) is -1.12. The van der Waals surface area contributed by atoms with Crippen molar-refractivity contribution in [2.75, 3.05) is 6.54 Å². The van der Waals surface area contributed by atoms with E-state index in [2.05, 4.69) is 4.98 Å². The van der Waals surface area contributed by atoms with Gasteiger partial charge in [0.25, 0.3) is 11.6 Å². The van der Waals surface area contributed by atoms with E-state index in [0.29, 0.717) is 16.2 Å². The van der Waals surface area contributed by atoms with E-state index >= 15 is 0 Å². The number of halogens is 6. The van der Waals surface area contributed by atoms with Crippen molar-refractivity contribution in [3.05, 3.63) is 68.2 Å². The van der Waals surface area contributed by atoms with Crippen molar-refractivity contribution in [3.63, 3.8) is 0 Å². The van der Waals surface area contributed by atoms with Gasteiger partial charge in [0.05, 0.1) is 16.3 Å². The molecular weight excluding hydrogens is 464 g/mol. The second-order valence-electron chi connectivity index (χ2n) is 6.77. The summed E-state index contributed by atoms with van der Waals surface area (Å²) in [6.07, 6.45) is -9.55. The smallest absolute Gasteiger partial charge is 0.324 e. The topological polar surface area (TPSA) is 76.3 Å². The number of thiophene rings is 1. The molecule has 0 atom stereocenters. The normalized spacial score (nSPS) is 12.2. The number of aromatic nitrogens is 1. The maximum Gasteiger partial charge on any atom is 0.433 e. The molecule has 2 heterocycles. The standard InChI is InChI=1S/C19H13F6N3O3S/c1-10-12-6-7-14(19(23,24)25)26-16(12)32-15(10)17(29)27(9-18(20,21)22)8-11-4-2-3-5-13(11)28(30)31/h2-7H,8-9H2,1H3.